The first kappa shape index (κ1) is 15.0. The van der Waals surface area contributed by atoms with E-state index in [9.17, 15) is 0 Å². The minimum absolute atomic E-state index is 0.669. The molecule has 0 radical (unpaired) electrons. The Morgan fingerprint density at radius 1 is 0.952 bits per heavy atom. The molecule has 2 fully saturated rings. The average molecular weight is 289 g/mol. The highest BCUT2D eigenvalue weighted by atomic mass is 16.5. The third-order valence-electron chi connectivity index (χ3n) is 4.77. The number of ether oxygens (including phenoxy) is 2. The normalized spacial score (nSPS) is 21.8. The molecule has 3 heteroatoms. The lowest BCUT2D eigenvalue weighted by Gasteiger charge is -2.41. The van der Waals surface area contributed by atoms with Crippen LogP contribution in [0.3, 0.4) is 0 Å². The van der Waals surface area contributed by atoms with E-state index < -0.39 is 0 Å². The van der Waals surface area contributed by atoms with Crippen LogP contribution >= 0.6 is 0 Å². The molecule has 1 aromatic carbocycles. The Morgan fingerprint density at radius 3 is 2.05 bits per heavy atom. The van der Waals surface area contributed by atoms with Gasteiger partial charge in [0.2, 0.25) is 0 Å². The third kappa shape index (κ3) is 4.06. The van der Waals surface area contributed by atoms with E-state index in [1.807, 2.05) is 0 Å². The van der Waals surface area contributed by atoms with Crippen molar-refractivity contribution in [1.29, 1.82) is 0 Å². The van der Waals surface area contributed by atoms with Crippen LogP contribution in [0.2, 0.25) is 0 Å². The number of hydrogen-bond acceptors (Lipinski definition) is 3. The number of rotatable bonds is 4. The lowest BCUT2D eigenvalue weighted by atomic mass is 9.98. The second-order valence-corrected chi connectivity index (χ2v) is 6.35. The Kier molecular flexibility index (Phi) is 5.28. The molecule has 0 amide bonds. The van der Waals surface area contributed by atoms with Gasteiger partial charge in [0, 0.05) is 45.1 Å². The van der Waals surface area contributed by atoms with E-state index in [4.69, 9.17) is 9.47 Å². The molecular formula is C18H27NO2. The fraction of sp³-hybridized carbons (Fsp3) is 0.667. The maximum Gasteiger partial charge on any atom is 0.0480 e. The first-order valence-corrected chi connectivity index (χ1v) is 8.30. The van der Waals surface area contributed by atoms with Crippen molar-refractivity contribution in [3.8, 4) is 0 Å². The van der Waals surface area contributed by atoms with E-state index in [1.54, 1.807) is 0 Å². The molecule has 3 nitrogen and oxygen atoms in total. The summed E-state index contributed by atoms with van der Waals surface area (Å²) in [5.41, 5.74) is 2.79. The van der Waals surface area contributed by atoms with Crippen molar-refractivity contribution in [2.45, 2.75) is 51.2 Å². The molecule has 0 atom stereocenters. The van der Waals surface area contributed by atoms with Gasteiger partial charge in [0.05, 0.1) is 0 Å². The predicted molar refractivity (Wildman–Crippen MR) is 84.4 cm³/mol. The van der Waals surface area contributed by atoms with Crippen LogP contribution in [0.5, 0.6) is 0 Å². The monoisotopic (exact) mass is 289 g/mol. The highest BCUT2D eigenvalue weighted by Gasteiger charge is 2.29. The predicted octanol–water partition coefficient (Wildman–Crippen LogP) is 3.16. The van der Waals surface area contributed by atoms with Gasteiger partial charge in [0.25, 0.3) is 0 Å². The Balaban J connectivity index is 1.73. The smallest absolute Gasteiger partial charge is 0.0480 e. The summed E-state index contributed by atoms with van der Waals surface area (Å²) in [4.78, 5) is 2.74. The summed E-state index contributed by atoms with van der Waals surface area (Å²) in [6, 6.07) is 10.3. The van der Waals surface area contributed by atoms with E-state index in [1.165, 1.54) is 36.8 Å². The summed E-state index contributed by atoms with van der Waals surface area (Å²) in [5.74, 6) is 0. The molecule has 2 saturated heterocycles. The number of nitrogens with zero attached hydrogens (tertiary/aromatic N) is 1. The van der Waals surface area contributed by atoms with Crippen LogP contribution < -0.4 is 0 Å². The minimum Gasteiger partial charge on any atom is -0.381 e. The van der Waals surface area contributed by atoms with Crippen molar-refractivity contribution in [2.24, 2.45) is 0 Å². The van der Waals surface area contributed by atoms with Gasteiger partial charge in [0.15, 0.2) is 0 Å². The molecule has 2 aliphatic rings. The second-order valence-electron chi connectivity index (χ2n) is 6.35. The molecule has 1 aromatic rings. The molecule has 0 bridgehead atoms. The molecule has 2 heterocycles. The maximum atomic E-state index is 5.56. The lowest BCUT2D eigenvalue weighted by Crippen LogP contribution is -2.47. The number of hydrogen-bond donors (Lipinski definition) is 0. The molecule has 21 heavy (non-hydrogen) atoms. The van der Waals surface area contributed by atoms with E-state index >= 15 is 0 Å². The quantitative estimate of drug-likeness (QED) is 0.850. The van der Waals surface area contributed by atoms with Crippen molar-refractivity contribution >= 4 is 0 Å². The zero-order chi connectivity index (χ0) is 14.5. The lowest BCUT2D eigenvalue weighted by molar-refractivity contribution is -0.0228. The van der Waals surface area contributed by atoms with Gasteiger partial charge < -0.3 is 9.47 Å². The van der Waals surface area contributed by atoms with Gasteiger partial charge in [-0.25, -0.2) is 0 Å². The Hall–Kier alpha value is -0.900. The summed E-state index contributed by atoms with van der Waals surface area (Å²) in [6.07, 6.45) is 4.68. The zero-order valence-electron chi connectivity index (χ0n) is 13.1. The molecule has 2 aliphatic heterocycles. The van der Waals surface area contributed by atoms with Gasteiger partial charge in [-0.05, 0) is 38.2 Å². The first-order chi connectivity index (χ1) is 10.3. The van der Waals surface area contributed by atoms with Crippen LogP contribution in [0.4, 0.5) is 0 Å². The zero-order valence-corrected chi connectivity index (χ0v) is 13.1. The summed E-state index contributed by atoms with van der Waals surface area (Å²) >= 11 is 0. The van der Waals surface area contributed by atoms with Crippen LogP contribution in [0.15, 0.2) is 24.3 Å². The topological polar surface area (TPSA) is 21.7 Å². The van der Waals surface area contributed by atoms with Crippen molar-refractivity contribution in [1.82, 2.24) is 4.90 Å². The Labute approximate surface area is 128 Å². The number of benzene rings is 1. The van der Waals surface area contributed by atoms with Gasteiger partial charge in [-0.15, -0.1) is 0 Å². The minimum atomic E-state index is 0.669. The number of aryl methyl sites for hydroxylation is 1. The van der Waals surface area contributed by atoms with Crippen LogP contribution in [0.25, 0.3) is 0 Å². The van der Waals surface area contributed by atoms with Gasteiger partial charge in [-0.1, -0.05) is 29.8 Å². The van der Waals surface area contributed by atoms with Gasteiger partial charge >= 0.3 is 0 Å². The highest BCUT2D eigenvalue weighted by molar-refractivity contribution is 5.22. The molecule has 0 spiro atoms. The van der Waals surface area contributed by atoms with Crippen molar-refractivity contribution in [3.05, 3.63) is 35.4 Å². The largest absolute Gasteiger partial charge is 0.381 e. The molecule has 0 aliphatic carbocycles. The first-order valence-electron chi connectivity index (χ1n) is 8.30. The summed E-state index contributed by atoms with van der Waals surface area (Å²) in [5, 5.41) is 0. The van der Waals surface area contributed by atoms with Crippen molar-refractivity contribution < 1.29 is 9.47 Å². The van der Waals surface area contributed by atoms with Crippen molar-refractivity contribution in [3.63, 3.8) is 0 Å². The summed E-state index contributed by atoms with van der Waals surface area (Å²) in [7, 11) is 0. The fourth-order valence-corrected chi connectivity index (χ4v) is 3.61. The van der Waals surface area contributed by atoms with E-state index in [0.717, 1.165) is 33.0 Å². The third-order valence-corrected chi connectivity index (χ3v) is 4.77. The average Bonchev–Trinajstić information content (AvgIpc) is 2.54. The molecular weight excluding hydrogens is 262 g/mol. The molecule has 0 saturated carbocycles. The standard InChI is InChI=1S/C18H27NO2/c1-15-3-2-4-16(13-15)14-19(17-5-9-20-10-6-17)18-7-11-21-12-8-18/h2-4,13,17-18H,5-12,14H2,1H3. The molecule has 0 aromatic heterocycles. The SMILES string of the molecule is Cc1cccc(CN(C2CCOCC2)C2CCOCC2)c1. The van der Waals surface area contributed by atoms with Crippen molar-refractivity contribution in [2.75, 3.05) is 26.4 Å². The van der Waals surface area contributed by atoms with Crippen LogP contribution in [0.1, 0.15) is 36.8 Å². The molecule has 116 valence electrons. The highest BCUT2D eigenvalue weighted by Crippen LogP contribution is 2.25. The van der Waals surface area contributed by atoms with Gasteiger partial charge in [-0.3, -0.25) is 4.90 Å². The Morgan fingerprint density at radius 2 is 1.52 bits per heavy atom. The van der Waals surface area contributed by atoms with E-state index in [2.05, 4.69) is 36.1 Å². The maximum absolute atomic E-state index is 5.56. The molecule has 3 rings (SSSR count). The Bertz CT molecular complexity index is 419. The van der Waals surface area contributed by atoms with Gasteiger partial charge in [0.1, 0.15) is 0 Å². The summed E-state index contributed by atoms with van der Waals surface area (Å²) < 4.78 is 11.1. The van der Waals surface area contributed by atoms with Crippen LogP contribution in [-0.4, -0.2) is 43.4 Å². The van der Waals surface area contributed by atoms with Gasteiger partial charge in [-0.2, -0.15) is 0 Å². The second kappa shape index (κ2) is 7.39. The van der Waals surface area contributed by atoms with Crippen LogP contribution in [0, 0.1) is 6.92 Å². The van der Waals surface area contributed by atoms with Crippen LogP contribution in [-0.2, 0) is 16.0 Å². The fourth-order valence-electron chi connectivity index (χ4n) is 3.61. The molecule has 0 unspecified atom stereocenters. The van der Waals surface area contributed by atoms with E-state index in [0.29, 0.717) is 12.1 Å². The summed E-state index contributed by atoms with van der Waals surface area (Å²) in [6.45, 7) is 6.90. The molecule has 0 N–H and O–H groups in total. The van der Waals surface area contributed by atoms with E-state index in [-0.39, 0.29) is 0 Å².